The predicted octanol–water partition coefficient (Wildman–Crippen LogP) is 8.39. The summed E-state index contributed by atoms with van der Waals surface area (Å²) in [5.74, 6) is -0.912. The Balaban J connectivity index is 1.71. The number of carbonyl (C=O) groups excluding carboxylic acids is 2. The summed E-state index contributed by atoms with van der Waals surface area (Å²) >= 11 is 0. The van der Waals surface area contributed by atoms with Gasteiger partial charge in [0.05, 0.1) is 19.8 Å². The molecule has 0 radical (unpaired) electrons. The van der Waals surface area contributed by atoms with Crippen LogP contribution < -0.4 is 0 Å². The Morgan fingerprint density at radius 1 is 0.412 bits per heavy atom. The molecule has 15 heteroatoms. The van der Waals surface area contributed by atoms with Crippen molar-refractivity contribution in [1.29, 1.82) is 0 Å². The Morgan fingerprint density at radius 2 is 0.750 bits per heavy atom. The molecule has 11 unspecified atom stereocenters. The molecular formula is C53H100O15. The average Bonchev–Trinajstić information content (AvgIpc) is 3.33. The molecule has 0 aromatic heterocycles. The zero-order valence-electron chi connectivity index (χ0n) is 42.6. The lowest BCUT2D eigenvalue weighted by Crippen LogP contribution is -2.61. The zero-order valence-corrected chi connectivity index (χ0v) is 42.6. The van der Waals surface area contributed by atoms with E-state index < -0.39 is 92.7 Å². The molecule has 7 N–H and O–H groups in total. The first kappa shape index (κ1) is 62.6. The first-order valence-corrected chi connectivity index (χ1v) is 27.6. The highest BCUT2D eigenvalue weighted by atomic mass is 16.7. The quantitative estimate of drug-likeness (QED) is 0.0225. The van der Waals surface area contributed by atoms with Crippen LogP contribution in [0.4, 0.5) is 0 Å². The molecule has 402 valence electrons. The van der Waals surface area contributed by atoms with Crippen LogP contribution in [0.25, 0.3) is 0 Å². The number of carbonyl (C=O) groups is 2. The standard InChI is InChI=1S/C53H100O15/c1-3-5-7-9-11-13-14-15-16-17-18-19-20-21-22-23-24-25-26-28-30-32-34-36-45(56)66-41(38-63-44(55)35-33-31-29-27-12-10-8-6-4-2)39-64-52-51(62)49(60)47(58)43(68-52)40-65-53-50(61)48(59)46(57)42(37-54)67-53/h41-43,46-54,57-62H,3-40H2,1-2H3. The van der Waals surface area contributed by atoms with Crippen LogP contribution in [-0.4, -0.2) is 142 Å². The van der Waals surface area contributed by atoms with E-state index in [1.54, 1.807) is 0 Å². The van der Waals surface area contributed by atoms with Crippen LogP contribution in [0.1, 0.15) is 232 Å². The molecule has 2 aliphatic heterocycles. The maximum Gasteiger partial charge on any atom is 0.306 e. The van der Waals surface area contributed by atoms with Crippen molar-refractivity contribution >= 4 is 11.9 Å². The van der Waals surface area contributed by atoms with Gasteiger partial charge in [0.1, 0.15) is 55.4 Å². The highest BCUT2D eigenvalue weighted by Crippen LogP contribution is 2.27. The van der Waals surface area contributed by atoms with Crippen LogP contribution in [0.15, 0.2) is 0 Å². The monoisotopic (exact) mass is 977 g/mol. The van der Waals surface area contributed by atoms with Crippen LogP contribution in [0.2, 0.25) is 0 Å². The Hall–Kier alpha value is -1.50. The molecule has 0 bridgehead atoms. The van der Waals surface area contributed by atoms with Crippen molar-refractivity contribution in [3.63, 3.8) is 0 Å². The van der Waals surface area contributed by atoms with Gasteiger partial charge in [0.15, 0.2) is 18.7 Å². The molecule has 0 aromatic carbocycles. The third-order valence-electron chi connectivity index (χ3n) is 13.6. The highest BCUT2D eigenvalue weighted by Gasteiger charge is 2.47. The summed E-state index contributed by atoms with van der Waals surface area (Å²) < 4.78 is 33.6. The van der Waals surface area contributed by atoms with Crippen molar-refractivity contribution in [3.05, 3.63) is 0 Å². The predicted molar refractivity (Wildman–Crippen MR) is 262 cm³/mol. The van der Waals surface area contributed by atoms with Crippen LogP contribution >= 0.6 is 0 Å². The molecule has 0 spiro atoms. The number of rotatable bonds is 44. The van der Waals surface area contributed by atoms with Gasteiger partial charge in [-0.15, -0.1) is 0 Å². The largest absolute Gasteiger partial charge is 0.462 e. The SMILES string of the molecule is CCCCCCCCCCCCCCCCCCCCCCCCCC(=O)OC(COC(=O)CCCCCCCCCCC)COC1OC(COC2OC(CO)C(O)C(O)C2O)C(O)C(O)C1O. The van der Waals surface area contributed by atoms with Gasteiger partial charge in [0, 0.05) is 12.8 Å². The van der Waals surface area contributed by atoms with Crippen molar-refractivity contribution in [1.82, 2.24) is 0 Å². The molecular weight excluding hydrogens is 877 g/mol. The van der Waals surface area contributed by atoms with Gasteiger partial charge in [0.2, 0.25) is 0 Å². The second kappa shape index (κ2) is 41.0. The van der Waals surface area contributed by atoms with E-state index in [2.05, 4.69) is 13.8 Å². The number of ether oxygens (including phenoxy) is 6. The smallest absolute Gasteiger partial charge is 0.306 e. The van der Waals surface area contributed by atoms with E-state index in [-0.39, 0.29) is 26.1 Å². The van der Waals surface area contributed by atoms with Gasteiger partial charge < -0.3 is 64.2 Å². The normalized spacial score (nSPS) is 25.7. The maximum absolute atomic E-state index is 13.0. The lowest BCUT2D eigenvalue weighted by molar-refractivity contribution is -0.332. The molecule has 0 saturated carbocycles. The first-order chi connectivity index (χ1) is 33.0. The zero-order chi connectivity index (χ0) is 49.6. The lowest BCUT2D eigenvalue weighted by atomic mass is 9.98. The van der Waals surface area contributed by atoms with Gasteiger partial charge in [-0.25, -0.2) is 0 Å². The van der Waals surface area contributed by atoms with Crippen molar-refractivity contribution in [2.45, 2.75) is 300 Å². The lowest BCUT2D eigenvalue weighted by Gasteiger charge is -2.42. The third-order valence-corrected chi connectivity index (χ3v) is 13.6. The fourth-order valence-electron chi connectivity index (χ4n) is 9.04. The summed E-state index contributed by atoms with van der Waals surface area (Å²) in [6.45, 7) is 2.61. The number of hydrogen-bond donors (Lipinski definition) is 7. The molecule has 2 saturated heterocycles. The fraction of sp³-hybridized carbons (Fsp3) is 0.962. The minimum Gasteiger partial charge on any atom is -0.462 e. The van der Waals surface area contributed by atoms with Gasteiger partial charge in [-0.2, -0.15) is 0 Å². The van der Waals surface area contributed by atoms with Gasteiger partial charge >= 0.3 is 11.9 Å². The Kier molecular flexibility index (Phi) is 37.8. The number of aliphatic hydroxyl groups is 7. The Bertz CT molecular complexity index is 1190. The second-order valence-electron chi connectivity index (χ2n) is 19.8. The molecule has 0 aromatic rings. The van der Waals surface area contributed by atoms with E-state index >= 15 is 0 Å². The van der Waals surface area contributed by atoms with Crippen molar-refractivity contribution in [2.75, 3.05) is 26.4 Å². The van der Waals surface area contributed by atoms with Gasteiger partial charge in [-0.1, -0.05) is 206 Å². The van der Waals surface area contributed by atoms with E-state index in [1.165, 1.54) is 154 Å². The number of unbranched alkanes of at least 4 members (excludes halogenated alkanes) is 30. The molecule has 0 amide bonds. The number of aliphatic hydroxyl groups excluding tert-OH is 7. The molecule has 11 atom stereocenters. The van der Waals surface area contributed by atoms with Crippen LogP contribution in [0, 0.1) is 0 Å². The minimum absolute atomic E-state index is 0.174. The molecule has 2 fully saturated rings. The minimum atomic E-state index is -1.76. The average molecular weight is 977 g/mol. The first-order valence-electron chi connectivity index (χ1n) is 27.6. The Morgan fingerprint density at radius 3 is 1.15 bits per heavy atom. The molecule has 15 nitrogen and oxygen atoms in total. The van der Waals surface area contributed by atoms with E-state index in [9.17, 15) is 45.3 Å². The number of hydrogen-bond acceptors (Lipinski definition) is 15. The molecule has 2 aliphatic rings. The fourth-order valence-corrected chi connectivity index (χ4v) is 9.04. The summed E-state index contributed by atoms with van der Waals surface area (Å²) in [4.78, 5) is 25.7. The van der Waals surface area contributed by atoms with Crippen LogP contribution in [-0.2, 0) is 38.0 Å². The summed E-state index contributed by atoms with van der Waals surface area (Å²) in [5, 5.41) is 72.1. The van der Waals surface area contributed by atoms with Gasteiger partial charge in [-0.3, -0.25) is 9.59 Å². The van der Waals surface area contributed by atoms with E-state index in [0.29, 0.717) is 12.8 Å². The molecule has 2 heterocycles. The third kappa shape index (κ3) is 28.5. The van der Waals surface area contributed by atoms with E-state index in [0.717, 1.165) is 38.5 Å². The summed E-state index contributed by atoms with van der Waals surface area (Å²) in [6.07, 6.45) is 23.0. The van der Waals surface area contributed by atoms with Crippen LogP contribution in [0.5, 0.6) is 0 Å². The topological polar surface area (TPSA) is 231 Å². The molecule has 68 heavy (non-hydrogen) atoms. The number of esters is 2. The molecule has 0 aliphatic carbocycles. The summed E-state index contributed by atoms with van der Waals surface area (Å²) in [7, 11) is 0. The summed E-state index contributed by atoms with van der Waals surface area (Å²) in [5.41, 5.74) is 0. The van der Waals surface area contributed by atoms with E-state index in [1.807, 2.05) is 0 Å². The van der Waals surface area contributed by atoms with Gasteiger partial charge in [0.25, 0.3) is 0 Å². The van der Waals surface area contributed by atoms with Crippen molar-refractivity contribution in [2.24, 2.45) is 0 Å². The van der Waals surface area contributed by atoms with Gasteiger partial charge in [-0.05, 0) is 12.8 Å². The maximum atomic E-state index is 13.0. The van der Waals surface area contributed by atoms with Crippen molar-refractivity contribution < 1.29 is 73.8 Å². The van der Waals surface area contributed by atoms with E-state index in [4.69, 9.17) is 28.4 Å². The highest BCUT2D eigenvalue weighted by molar-refractivity contribution is 5.70. The Labute approximate surface area is 410 Å². The van der Waals surface area contributed by atoms with Crippen LogP contribution in [0.3, 0.4) is 0 Å². The second-order valence-corrected chi connectivity index (χ2v) is 19.8. The molecule has 2 rings (SSSR count). The van der Waals surface area contributed by atoms with Crippen molar-refractivity contribution in [3.8, 4) is 0 Å². The summed E-state index contributed by atoms with van der Waals surface area (Å²) in [6, 6.07) is 0.